The smallest absolute Gasteiger partial charge is 0.226 e. The van der Waals surface area contributed by atoms with Gasteiger partial charge in [-0.2, -0.15) is 0 Å². The van der Waals surface area contributed by atoms with Crippen LogP contribution in [0.25, 0.3) is 0 Å². The van der Waals surface area contributed by atoms with Crippen LogP contribution in [0.15, 0.2) is 0 Å². The minimum atomic E-state index is -0.0892. The molecule has 0 heterocycles. The second-order valence-corrected chi connectivity index (χ2v) is 4.78. The highest BCUT2D eigenvalue weighted by Crippen LogP contribution is 2.06. The van der Waals surface area contributed by atoms with Crippen LogP contribution in [0.5, 0.6) is 0 Å². The minimum Gasteiger partial charge on any atom is -0.341 e. The molecular formula is C12H27N3O. The van der Waals surface area contributed by atoms with E-state index in [4.69, 9.17) is 5.73 Å². The Morgan fingerprint density at radius 1 is 1.19 bits per heavy atom. The first kappa shape index (κ1) is 15.4. The molecule has 96 valence electrons. The molecule has 0 aliphatic carbocycles. The van der Waals surface area contributed by atoms with Crippen molar-refractivity contribution in [3.8, 4) is 0 Å². The monoisotopic (exact) mass is 229 g/mol. The summed E-state index contributed by atoms with van der Waals surface area (Å²) in [5, 5.41) is 0. The Bertz CT molecular complexity index is 204. The zero-order chi connectivity index (χ0) is 12.7. The lowest BCUT2D eigenvalue weighted by Crippen LogP contribution is -2.44. The van der Waals surface area contributed by atoms with Crippen LogP contribution in [-0.4, -0.2) is 55.5 Å². The summed E-state index contributed by atoms with van der Waals surface area (Å²) in [7, 11) is 4.03. The molecule has 0 saturated carbocycles. The maximum atomic E-state index is 12.1. The molecule has 2 unspecified atom stereocenters. The molecule has 1 amide bonds. The molecule has 4 nitrogen and oxygen atoms in total. The van der Waals surface area contributed by atoms with E-state index in [2.05, 4.69) is 11.8 Å². The van der Waals surface area contributed by atoms with Crippen molar-refractivity contribution in [1.29, 1.82) is 0 Å². The molecule has 0 rings (SSSR count). The highest BCUT2D eigenvalue weighted by molar-refractivity contribution is 5.79. The Morgan fingerprint density at radius 2 is 1.75 bits per heavy atom. The molecule has 4 heteroatoms. The summed E-state index contributed by atoms with van der Waals surface area (Å²) < 4.78 is 0. The molecule has 0 radical (unpaired) electrons. The van der Waals surface area contributed by atoms with E-state index < -0.39 is 0 Å². The Morgan fingerprint density at radius 3 is 2.12 bits per heavy atom. The zero-order valence-electron chi connectivity index (χ0n) is 11.4. The average molecular weight is 229 g/mol. The number of carbonyl (C=O) groups is 1. The molecular weight excluding hydrogens is 202 g/mol. The van der Waals surface area contributed by atoms with Gasteiger partial charge in [0.25, 0.3) is 0 Å². The summed E-state index contributed by atoms with van der Waals surface area (Å²) in [6.45, 7) is 8.40. The van der Waals surface area contributed by atoms with Gasteiger partial charge in [-0.3, -0.25) is 4.79 Å². The fourth-order valence-corrected chi connectivity index (χ4v) is 1.44. The van der Waals surface area contributed by atoms with Gasteiger partial charge in [0.05, 0.1) is 5.92 Å². The van der Waals surface area contributed by atoms with Crippen LogP contribution in [0.2, 0.25) is 0 Å². The molecule has 0 bridgehead atoms. The minimum absolute atomic E-state index is 0.0776. The second kappa shape index (κ2) is 7.63. The van der Waals surface area contributed by atoms with Crippen LogP contribution >= 0.6 is 0 Å². The van der Waals surface area contributed by atoms with Crippen molar-refractivity contribution in [2.24, 2.45) is 11.7 Å². The van der Waals surface area contributed by atoms with E-state index >= 15 is 0 Å². The molecule has 0 aliphatic heterocycles. The third-order valence-corrected chi connectivity index (χ3v) is 2.80. The number of hydrogen-bond acceptors (Lipinski definition) is 3. The van der Waals surface area contributed by atoms with Crippen LogP contribution in [0.3, 0.4) is 0 Å². The average Bonchev–Trinajstić information content (AvgIpc) is 2.21. The van der Waals surface area contributed by atoms with Crippen LogP contribution < -0.4 is 5.73 Å². The van der Waals surface area contributed by atoms with Crippen LogP contribution in [0, 0.1) is 5.92 Å². The Hall–Kier alpha value is -0.610. The topological polar surface area (TPSA) is 49.6 Å². The standard InChI is InChI=1S/C12H27N3O/c1-6-7-15(9-8-14(4)5)12(16)10(2)11(3)13/h10-11H,6-9,13H2,1-5H3. The maximum Gasteiger partial charge on any atom is 0.226 e. The number of carbonyl (C=O) groups excluding carboxylic acids is 1. The predicted octanol–water partition coefficient (Wildman–Crippen LogP) is 0.770. The fraction of sp³-hybridized carbons (Fsp3) is 0.917. The van der Waals surface area contributed by atoms with Gasteiger partial charge in [-0.15, -0.1) is 0 Å². The van der Waals surface area contributed by atoms with Crippen molar-refractivity contribution in [2.45, 2.75) is 33.2 Å². The van der Waals surface area contributed by atoms with E-state index in [1.165, 1.54) is 0 Å². The summed E-state index contributed by atoms with van der Waals surface area (Å²) in [5.74, 6) is 0.0902. The van der Waals surface area contributed by atoms with Crippen LogP contribution in [0.1, 0.15) is 27.2 Å². The molecule has 0 aliphatic rings. The molecule has 0 fully saturated rings. The number of nitrogens with two attached hydrogens (primary N) is 1. The van der Waals surface area contributed by atoms with Gasteiger partial charge in [0.15, 0.2) is 0 Å². The predicted molar refractivity (Wildman–Crippen MR) is 68.2 cm³/mol. The number of nitrogens with zero attached hydrogens (tertiary/aromatic N) is 2. The second-order valence-electron chi connectivity index (χ2n) is 4.78. The Labute approximate surface area is 99.8 Å². The number of rotatable bonds is 7. The Kier molecular flexibility index (Phi) is 7.34. The summed E-state index contributed by atoms with van der Waals surface area (Å²) in [6, 6.07) is -0.0776. The highest BCUT2D eigenvalue weighted by Gasteiger charge is 2.22. The first-order valence-corrected chi connectivity index (χ1v) is 6.09. The van der Waals surface area contributed by atoms with E-state index in [1.807, 2.05) is 32.8 Å². The molecule has 2 atom stereocenters. The summed E-state index contributed by atoms with van der Waals surface area (Å²) in [4.78, 5) is 16.1. The summed E-state index contributed by atoms with van der Waals surface area (Å²) in [6.07, 6.45) is 0.991. The van der Waals surface area contributed by atoms with Crippen molar-refractivity contribution >= 4 is 5.91 Å². The summed E-state index contributed by atoms with van der Waals surface area (Å²) >= 11 is 0. The van der Waals surface area contributed by atoms with E-state index in [-0.39, 0.29) is 17.9 Å². The molecule has 0 aromatic rings. The molecule has 16 heavy (non-hydrogen) atoms. The molecule has 0 aromatic carbocycles. The molecule has 0 aromatic heterocycles. The van der Waals surface area contributed by atoms with Crippen LogP contribution in [0.4, 0.5) is 0 Å². The highest BCUT2D eigenvalue weighted by atomic mass is 16.2. The molecule has 0 spiro atoms. The normalized spacial score (nSPS) is 14.9. The number of amides is 1. The van der Waals surface area contributed by atoms with Gasteiger partial charge in [0.2, 0.25) is 5.91 Å². The van der Waals surface area contributed by atoms with Crippen molar-refractivity contribution < 1.29 is 4.79 Å². The number of likely N-dealkylation sites (N-methyl/N-ethyl adjacent to an activating group) is 1. The first-order valence-electron chi connectivity index (χ1n) is 6.09. The third-order valence-electron chi connectivity index (χ3n) is 2.80. The van der Waals surface area contributed by atoms with Gasteiger partial charge in [-0.05, 0) is 27.4 Å². The summed E-state index contributed by atoms with van der Waals surface area (Å²) in [5.41, 5.74) is 5.77. The lowest BCUT2D eigenvalue weighted by atomic mass is 10.0. The largest absolute Gasteiger partial charge is 0.341 e. The third kappa shape index (κ3) is 5.47. The van der Waals surface area contributed by atoms with Gasteiger partial charge in [-0.1, -0.05) is 13.8 Å². The van der Waals surface area contributed by atoms with Crippen molar-refractivity contribution in [3.63, 3.8) is 0 Å². The van der Waals surface area contributed by atoms with Crippen molar-refractivity contribution in [2.75, 3.05) is 33.7 Å². The van der Waals surface area contributed by atoms with Gasteiger partial charge in [-0.25, -0.2) is 0 Å². The van der Waals surface area contributed by atoms with Crippen LogP contribution in [-0.2, 0) is 4.79 Å². The first-order chi connectivity index (χ1) is 7.40. The van der Waals surface area contributed by atoms with Crippen molar-refractivity contribution in [3.05, 3.63) is 0 Å². The maximum absolute atomic E-state index is 12.1. The van der Waals surface area contributed by atoms with Gasteiger partial charge < -0.3 is 15.5 Å². The molecule has 0 saturated heterocycles. The SMILES string of the molecule is CCCN(CCN(C)C)C(=O)C(C)C(C)N. The van der Waals surface area contributed by atoms with Gasteiger partial charge in [0, 0.05) is 25.7 Å². The quantitative estimate of drug-likeness (QED) is 0.701. The van der Waals surface area contributed by atoms with E-state index in [1.54, 1.807) is 0 Å². The van der Waals surface area contributed by atoms with E-state index in [0.717, 1.165) is 26.1 Å². The number of hydrogen-bond donors (Lipinski definition) is 1. The zero-order valence-corrected chi connectivity index (χ0v) is 11.4. The van der Waals surface area contributed by atoms with Crippen molar-refractivity contribution in [1.82, 2.24) is 9.80 Å². The van der Waals surface area contributed by atoms with E-state index in [0.29, 0.717) is 0 Å². The van der Waals surface area contributed by atoms with Gasteiger partial charge >= 0.3 is 0 Å². The van der Waals surface area contributed by atoms with Gasteiger partial charge in [0.1, 0.15) is 0 Å². The molecule has 2 N–H and O–H groups in total. The Balaban J connectivity index is 4.33. The fourth-order valence-electron chi connectivity index (χ4n) is 1.44. The lowest BCUT2D eigenvalue weighted by Gasteiger charge is -2.28. The van der Waals surface area contributed by atoms with E-state index in [9.17, 15) is 4.79 Å². The lowest BCUT2D eigenvalue weighted by molar-refractivity contribution is -0.135.